The van der Waals surface area contributed by atoms with E-state index in [1.165, 1.54) is 0 Å². The maximum absolute atomic E-state index is 10.7. The Balaban J connectivity index is 0. The lowest BCUT2D eigenvalue weighted by molar-refractivity contribution is -0.123. The normalized spacial score (nSPS) is 12.2. The van der Waals surface area contributed by atoms with E-state index < -0.39 is 15.6 Å². The third-order valence-electron chi connectivity index (χ3n) is 1.09. The van der Waals surface area contributed by atoms with Crippen molar-refractivity contribution in [2.24, 2.45) is 0 Å². The predicted molar refractivity (Wildman–Crippen MR) is 48.5 cm³/mol. The molecule has 0 aromatic heterocycles. The van der Waals surface area contributed by atoms with E-state index >= 15 is 0 Å². The molecule has 0 saturated carbocycles. The quantitative estimate of drug-likeness (QED) is 0.438. The molecule has 0 unspecified atom stereocenters. The fourth-order valence-electron chi connectivity index (χ4n) is 0.518. The molecule has 0 saturated heterocycles. The van der Waals surface area contributed by atoms with Crippen molar-refractivity contribution in [1.82, 2.24) is 0 Å². The molecule has 0 fully saturated rings. The Morgan fingerprint density at radius 3 is 1.56 bits per heavy atom. The van der Waals surface area contributed by atoms with E-state index in [0.717, 1.165) is 13.2 Å². The molecule has 0 radical (unpaired) electrons. The lowest BCUT2D eigenvalue weighted by Crippen LogP contribution is -2.21. The summed E-state index contributed by atoms with van der Waals surface area (Å²) in [6, 6.07) is 0. The Hall–Kier alpha value is -0.380. The zero-order valence-corrected chi connectivity index (χ0v) is 9.89. The number of hydrogen-bond acceptors (Lipinski definition) is 5. The highest BCUT2D eigenvalue weighted by atomic mass is 32.2. The van der Waals surface area contributed by atoms with Crippen LogP contribution in [0.1, 0.15) is 20.8 Å². The summed E-state index contributed by atoms with van der Waals surface area (Å²) in [5.41, 5.74) is -5.65. The van der Waals surface area contributed by atoms with Gasteiger partial charge >= 0.3 is 5.51 Å². The van der Waals surface area contributed by atoms with Crippen LogP contribution in [-0.4, -0.2) is 38.0 Å². The molecule has 9 heteroatoms. The smallest absolute Gasteiger partial charge is 0.485 e. The number of halogens is 3. The topological polar surface area (TPSA) is 75.7 Å². The van der Waals surface area contributed by atoms with Gasteiger partial charge in [0.2, 0.25) is 0 Å². The zero-order valence-electron chi connectivity index (χ0n) is 9.07. The van der Waals surface area contributed by atoms with Crippen molar-refractivity contribution in [2.45, 2.75) is 32.6 Å². The summed E-state index contributed by atoms with van der Waals surface area (Å²) < 4.78 is 69.0. The average molecular weight is 267 g/mol. The van der Waals surface area contributed by atoms with Crippen LogP contribution >= 0.6 is 0 Å². The van der Waals surface area contributed by atoms with Crippen molar-refractivity contribution in [3.63, 3.8) is 0 Å². The molecule has 0 aliphatic heterocycles. The number of hydrogen-bond donors (Lipinski definition) is 0. The number of rotatable bonds is 4. The molecule has 0 aromatic rings. The van der Waals surface area contributed by atoms with Crippen molar-refractivity contribution in [2.75, 3.05) is 13.2 Å². The van der Waals surface area contributed by atoms with Gasteiger partial charge in [-0.2, -0.15) is 13.2 Å². The van der Waals surface area contributed by atoms with Gasteiger partial charge in [-0.15, -0.1) is 0 Å². The average Bonchev–Trinajstić information content (AvgIpc) is 2.02. The van der Waals surface area contributed by atoms with Crippen LogP contribution in [0.15, 0.2) is 0 Å². The van der Waals surface area contributed by atoms with Gasteiger partial charge in [-0.05, 0) is 20.8 Å². The standard InChI is InChI=1S/C6H14O2.CHF3O3S/c1-4-7-6(3)8-5-2;2-1(3,4)8(5,6)7/h6H,4-5H2,1-3H3;(H,5,6,7)/p-1. The molecule has 0 spiro atoms. The number of alkyl halides is 3. The second-order valence-electron chi connectivity index (χ2n) is 2.38. The first-order valence-electron chi connectivity index (χ1n) is 4.31. The summed E-state index contributed by atoms with van der Waals surface area (Å²) in [6.07, 6.45) is -0.0370. The summed E-state index contributed by atoms with van der Waals surface area (Å²) in [5, 5.41) is 0. The minimum atomic E-state index is -6.09. The van der Waals surface area contributed by atoms with Crippen molar-refractivity contribution >= 4 is 10.1 Å². The lowest BCUT2D eigenvalue weighted by Gasteiger charge is -2.09. The summed E-state index contributed by atoms with van der Waals surface area (Å²) in [7, 11) is -6.09. The highest BCUT2D eigenvalue weighted by molar-refractivity contribution is 7.86. The summed E-state index contributed by atoms with van der Waals surface area (Å²) in [6.45, 7) is 7.25. The minimum absolute atomic E-state index is 0.0370. The van der Waals surface area contributed by atoms with Gasteiger partial charge in [0.25, 0.3) is 0 Å². The summed E-state index contributed by atoms with van der Waals surface area (Å²) >= 11 is 0. The molecular weight excluding hydrogens is 253 g/mol. The van der Waals surface area contributed by atoms with E-state index in [0.29, 0.717) is 0 Å². The van der Waals surface area contributed by atoms with E-state index in [1.54, 1.807) is 0 Å². The molecule has 0 bridgehead atoms. The molecule has 0 atom stereocenters. The highest BCUT2D eigenvalue weighted by Crippen LogP contribution is 2.20. The third-order valence-corrected chi connectivity index (χ3v) is 1.65. The van der Waals surface area contributed by atoms with E-state index in [2.05, 4.69) is 0 Å². The van der Waals surface area contributed by atoms with Crippen LogP contribution in [0.25, 0.3) is 0 Å². The van der Waals surface area contributed by atoms with E-state index in [9.17, 15) is 13.2 Å². The molecule has 0 amide bonds. The largest absolute Gasteiger partial charge is 0.741 e. The van der Waals surface area contributed by atoms with Crippen LogP contribution in [0.4, 0.5) is 13.2 Å². The Kier molecular flexibility index (Phi) is 8.80. The van der Waals surface area contributed by atoms with Crippen molar-refractivity contribution < 1.29 is 35.6 Å². The first-order chi connectivity index (χ1) is 7.06. The molecule has 0 rings (SSSR count). The van der Waals surface area contributed by atoms with Gasteiger partial charge in [0.05, 0.1) is 0 Å². The second-order valence-corrected chi connectivity index (χ2v) is 3.75. The third kappa shape index (κ3) is 10.1. The SMILES string of the molecule is CCOC(C)OCC.O=S(=O)([O-])C(F)(F)F. The van der Waals surface area contributed by atoms with Gasteiger partial charge in [0.1, 0.15) is 0 Å². The molecule has 100 valence electrons. The van der Waals surface area contributed by atoms with Crippen molar-refractivity contribution in [1.29, 1.82) is 0 Å². The van der Waals surface area contributed by atoms with E-state index in [-0.39, 0.29) is 6.29 Å². The predicted octanol–water partition coefficient (Wildman–Crippen LogP) is 1.46. The molecule has 5 nitrogen and oxygen atoms in total. The first kappa shape index (κ1) is 18.0. The second kappa shape index (κ2) is 7.82. The van der Waals surface area contributed by atoms with Crippen LogP contribution < -0.4 is 0 Å². The van der Waals surface area contributed by atoms with Crippen molar-refractivity contribution in [3.8, 4) is 0 Å². The molecule has 0 N–H and O–H groups in total. The summed E-state index contributed by atoms with van der Waals surface area (Å²) in [5.74, 6) is 0. The van der Waals surface area contributed by atoms with Gasteiger partial charge in [-0.25, -0.2) is 8.42 Å². The van der Waals surface area contributed by atoms with Gasteiger partial charge in [0, 0.05) is 13.2 Å². The van der Waals surface area contributed by atoms with E-state index in [1.807, 2.05) is 20.8 Å². The summed E-state index contributed by atoms with van der Waals surface area (Å²) in [4.78, 5) is 0. The fraction of sp³-hybridized carbons (Fsp3) is 1.00. The molecule has 0 aliphatic rings. The van der Waals surface area contributed by atoms with E-state index in [4.69, 9.17) is 22.4 Å². The Bertz CT molecular complexity index is 256. The fourth-order valence-corrected chi connectivity index (χ4v) is 0.518. The van der Waals surface area contributed by atoms with Crippen LogP contribution in [0.5, 0.6) is 0 Å². The molecule has 0 aromatic carbocycles. The van der Waals surface area contributed by atoms with Crippen LogP contribution in [0.3, 0.4) is 0 Å². The Morgan fingerprint density at radius 2 is 1.44 bits per heavy atom. The van der Waals surface area contributed by atoms with Gasteiger partial charge in [-0.1, -0.05) is 0 Å². The number of ether oxygens (including phenoxy) is 2. The minimum Gasteiger partial charge on any atom is -0.741 e. The molecule has 0 heterocycles. The Labute approximate surface area is 92.3 Å². The van der Waals surface area contributed by atoms with Gasteiger partial charge < -0.3 is 14.0 Å². The monoisotopic (exact) mass is 267 g/mol. The first-order valence-corrected chi connectivity index (χ1v) is 5.72. The van der Waals surface area contributed by atoms with Gasteiger partial charge in [-0.3, -0.25) is 0 Å². The maximum Gasteiger partial charge on any atom is 0.485 e. The molecular formula is C7H14F3O5S-. The van der Waals surface area contributed by atoms with Crippen LogP contribution in [0, 0.1) is 0 Å². The zero-order chi connectivity index (χ0) is 13.4. The highest BCUT2D eigenvalue weighted by Gasteiger charge is 2.36. The van der Waals surface area contributed by atoms with Crippen LogP contribution in [0.2, 0.25) is 0 Å². The molecule has 16 heavy (non-hydrogen) atoms. The van der Waals surface area contributed by atoms with Crippen molar-refractivity contribution in [3.05, 3.63) is 0 Å². The lowest BCUT2D eigenvalue weighted by atomic mass is 10.7. The Morgan fingerprint density at radius 1 is 1.19 bits per heavy atom. The molecule has 0 aliphatic carbocycles. The maximum atomic E-state index is 10.7. The van der Waals surface area contributed by atoms with Crippen LogP contribution in [-0.2, 0) is 19.6 Å². The van der Waals surface area contributed by atoms with Gasteiger partial charge in [0.15, 0.2) is 16.4 Å².